The summed E-state index contributed by atoms with van der Waals surface area (Å²) in [4.78, 5) is 20.9. The molecule has 4 aliphatic carbocycles. The molecule has 4 N–H and O–H groups in total. The molecule has 1 aromatic rings. The van der Waals surface area contributed by atoms with E-state index in [1.165, 1.54) is 6.20 Å². The Bertz CT molecular complexity index is 777. The average molecular weight is 360 g/mol. The Kier molecular flexibility index (Phi) is 3.25. The van der Waals surface area contributed by atoms with Gasteiger partial charge in [0.15, 0.2) is 0 Å². The highest BCUT2D eigenvalue weighted by Crippen LogP contribution is 2.85. The summed E-state index contributed by atoms with van der Waals surface area (Å²) in [7, 11) is 0. The van der Waals surface area contributed by atoms with Crippen molar-refractivity contribution < 1.29 is 14.3 Å². The van der Waals surface area contributed by atoms with Crippen molar-refractivity contribution in [1.82, 2.24) is 9.97 Å². The number of hydrogen-bond acceptors (Lipinski definition) is 5. The van der Waals surface area contributed by atoms with Crippen molar-refractivity contribution in [3.05, 3.63) is 17.6 Å². The van der Waals surface area contributed by atoms with Gasteiger partial charge in [0.05, 0.1) is 17.1 Å². The molecule has 4 fully saturated rings. The lowest BCUT2D eigenvalue weighted by atomic mass is 9.84. The SMILES string of the molecule is NC(=O)c1cnc(C23CC24CCC3(F)CC4)nc1N[C@@H]1CCCC(O)C1. The van der Waals surface area contributed by atoms with E-state index in [1.54, 1.807) is 0 Å². The zero-order chi connectivity index (χ0) is 18.2. The molecule has 2 unspecified atom stereocenters. The van der Waals surface area contributed by atoms with E-state index < -0.39 is 17.0 Å². The summed E-state index contributed by atoms with van der Waals surface area (Å²) in [5.41, 5.74) is 3.98. The Labute approximate surface area is 151 Å². The molecule has 5 rings (SSSR count). The van der Waals surface area contributed by atoms with Crippen LogP contribution in [0.3, 0.4) is 0 Å². The fourth-order valence-corrected chi connectivity index (χ4v) is 6.14. The molecule has 3 atom stereocenters. The number of carbonyl (C=O) groups excluding carboxylic acids is 1. The van der Waals surface area contributed by atoms with Crippen LogP contribution in [0.25, 0.3) is 0 Å². The van der Waals surface area contributed by atoms with Gasteiger partial charge in [-0.2, -0.15) is 0 Å². The molecule has 7 heteroatoms. The number of aromatic nitrogens is 2. The lowest BCUT2D eigenvalue weighted by molar-refractivity contribution is 0.1000. The zero-order valence-electron chi connectivity index (χ0n) is 14.8. The largest absolute Gasteiger partial charge is 0.393 e. The van der Waals surface area contributed by atoms with E-state index in [-0.39, 0.29) is 23.1 Å². The van der Waals surface area contributed by atoms with Crippen molar-refractivity contribution in [2.24, 2.45) is 11.1 Å². The number of primary amides is 1. The van der Waals surface area contributed by atoms with Gasteiger partial charge >= 0.3 is 0 Å². The van der Waals surface area contributed by atoms with Crippen LogP contribution >= 0.6 is 0 Å². The van der Waals surface area contributed by atoms with Crippen molar-refractivity contribution in [3.63, 3.8) is 0 Å². The number of aliphatic hydroxyl groups excluding tert-OH is 1. The molecular formula is C19H25FN4O2. The van der Waals surface area contributed by atoms with Crippen LogP contribution in [0.4, 0.5) is 10.2 Å². The predicted molar refractivity (Wildman–Crippen MR) is 93.5 cm³/mol. The second-order valence-corrected chi connectivity index (χ2v) is 8.81. The van der Waals surface area contributed by atoms with Gasteiger partial charge in [-0.3, -0.25) is 4.79 Å². The van der Waals surface area contributed by atoms with Crippen LogP contribution in [0.15, 0.2) is 6.20 Å². The molecule has 0 aliphatic heterocycles. The highest BCUT2D eigenvalue weighted by atomic mass is 19.1. The molecule has 140 valence electrons. The van der Waals surface area contributed by atoms with Gasteiger partial charge in [0.1, 0.15) is 17.3 Å². The molecule has 2 bridgehead atoms. The van der Waals surface area contributed by atoms with Crippen LogP contribution in [0.1, 0.15) is 74.0 Å². The maximum atomic E-state index is 15.5. The normalized spacial score (nSPS) is 43.2. The Balaban J connectivity index is 1.51. The Morgan fingerprint density at radius 3 is 2.65 bits per heavy atom. The molecule has 1 amide bonds. The first kappa shape index (κ1) is 16.4. The number of amides is 1. The summed E-state index contributed by atoms with van der Waals surface area (Å²) < 4.78 is 15.5. The number of anilines is 1. The predicted octanol–water partition coefficient (Wildman–Crippen LogP) is 2.21. The van der Waals surface area contributed by atoms with Gasteiger partial charge in [-0.15, -0.1) is 0 Å². The minimum Gasteiger partial charge on any atom is -0.393 e. The molecule has 0 saturated heterocycles. The number of nitrogens with zero attached hydrogens (tertiary/aromatic N) is 2. The maximum absolute atomic E-state index is 15.5. The second-order valence-electron chi connectivity index (χ2n) is 8.81. The van der Waals surface area contributed by atoms with Crippen molar-refractivity contribution in [1.29, 1.82) is 0 Å². The number of alkyl halides is 1. The van der Waals surface area contributed by atoms with E-state index in [1.807, 2.05) is 0 Å². The van der Waals surface area contributed by atoms with Crippen LogP contribution in [-0.2, 0) is 5.41 Å². The van der Waals surface area contributed by atoms with E-state index in [0.717, 1.165) is 38.5 Å². The molecule has 1 heterocycles. The quantitative estimate of drug-likeness (QED) is 0.764. The Hall–Kier alpha value is -1.76. The summed E-state index contributed by atoms with van der Waals surface area (Å²) in [5, 5.41) is 13.2. The lowest BCUT2D eigenvalue weighted by Crippen LogP contribution is -2.36. The fourth-order valence-electron chi connectivity index (χ4n) is 6.14. The van der Waals surface area contributed by atoms with Gasteiger partial charge in [0.25, 0.3) is 5.91 Å². The first-order chi connectivity index (χ1) is 12.4. The third kappa shape index (κ3) is 1.98. The second kappa shape index (κ2) is 5.15. The van der Waals surface area contributed by atoms with E-state index in [2.05, 4.69) is 15.3 Å². The van der Waals surface area contributed by atoms with Crippen molar-refractivity contribution in [2.75, 3.05) is 5.32 Å². The molecular weight excluding hydrogens is 335 g/mol. The summed E-state index contributed by atoms with van der Waals surface area (Å²) in [6.07, 6.45) is 8.14. The monoisotopic (exact) mass is 360 g/mol. The van der Waals surface area contributed by atoms with E-state index in [0.29, 0.717) is 30.9 Å². The Morgan fingerprint density at radius 1 is 1.31 bits per heavy atom. The van der Waals surface area contributed by atoms with Crippen molar-refractivity contribution in [2.45, 2.75) is 81.0 Å². The van der Waals surface area contributed by atoms with Crippen LogP contribution < -0.4 is 11.1 Å². The van der Waals surface area contributed by atoms with Crippen molar-refractivity contribution >= 4 is 11.7 Å². The van der Waals surface area contributed by atoms with E-state index in [4.69, 9.17) is 5.73 Å². The molecule has 0 aromatic carbocycles. The highest BCUT2D eigenvalue weighted by Gasteiger charge is 2.86. The van der Waals surface area contributed by atoms with Gasteiger partial charge in [-0.25, -0.2) is 14.4 Å². The first-order valence-corrected chi connectivity index (χ1v) is 9.70. The number of rotatable bonds is 4. The number of hydrogen-bond donors (Lipinski definition) is 3. The first-order valence-electron chi connectivity index (χ1n) is 9.70. The van der Waals surface area contributed by atoms with Gasteiger partial charge in [-0.1, -0.05) is 0 Å². The highest BCUT2D eigenvalue weighted by molar-refractivity contribution is 5.97. The smallest absolute Gasteiger partial charge is 0.254 e. The number of nitrogens with two attached hydrogens (primary N) is 1. The van der Waals surface area contributed by atoms with Gasteiger partial charge < -0.3 is 16.2 Å². The van der Waals surface area contributed by atoms with Crippen LogP contribution in [0, 0.1) is 5.41 Å². The minimum atomic E-state index is -1.21. The number of halogens is 1. The summed E-state index contributed by atoms with van der Waals surface area (Å²) >= 11 is 0. The lowest BCUT2D eigenvalue weighted by Gasteiger charge is -2.29. The van der Waals surface area contributed by atoms with E-state index >= 15 is 4.39 Å². The fraction of sp³-hybridized carbons (Fsp3) is 0.737. The molecule has 6 nitrogen and oxygen atoms in total. The third-order valence-electron chi connectivity index (χ3n) is 7.57. The average Bonchev–Trinajstić information content (AvgIpc) is 3.14. The molecule has 0 spiro atoms. The standard InChI is InChI=1S/C19H25FN4O2/c20-18-6-4-17(5-7-18)10-19(17,18)16-22-9-13(14(21)26)15(24-16)23-11-2-1-3-12(25)8-11/h9,11-12,25H,1-8,10H2,(H2,21,26)(H,22,23,24)/t11-,12?,17?,18?,19?/m1/s1. The molecule has 4 aliphatic rings. The third-order valence-corrected chi connectivity index (χ3v) is 7.57. The topological polar surface area (TPSA) is 101 Å². The molecule has 4 saturated carbocycles. The number of aliphatic hydroxyl groups is 1. The van der Waals surface area contributed by atoms with Crippen molar-refractivity contribution in [3.8, 4) is 0 Å². The molecule has 26 heavy (non-hydrogen) atoms. The molecule has 0 radical (unpaired) electrons. The van der Waals surface area contributed by atoms with E-state index in [9.17, 15) is 9.90 Å². The van der Waals surface area contributed by atoms with Gasteiger partial charge in [0, 0.05) is 12.2 Å². The number of carbonyl (C=O) groups is 1. The van der Waals surface area contributed by atoms with Gasteiger partial charge in [-0.05, 0) is 63.2 Å². The zero-order valence-corrected chi connectivity index (χ0v) is 14.8. The summed E-state index contributed by atoms with van der Waals surface area (Å²) in [5.74, 6) is 0.328. The van der Waals surface area contributed by atoms with Gasteiger partial charge in [0.2, 0.25) is 0 Å². The summed E-state index contributed by atoms with van der Waals surface area (Å²) in [6, 6.07) is 0.0323. The Morgan fingerprint density at radius 2 is 2.08 bits per heavy atom. The maximum Gasteiger partial charge on any atom is 0.254 e. The summed E-state index contributed by atoms with van der Waals surface area (Å²) in [6.45, 7) is 0. The van der Waals surface area contributed by atoms with Crippen LogP contribution in [-0.4, -0.2) is 38.8 Å². The molecule has 1 aromatic heterocycles. The number of nitrogens with one attached hydrogen (secondary N) is 1. The van der Waals surface area contributed by atoms with Crippen LogP contribution in [0.5, 0.6) is 0 Å². The minimum absolute atomic E-state index is 0.0221. The van der Waals surface area contributed by atoms with Crippen LogP contribution in [0.2, 0.25) is 0 Å².